The average molecular weight is 228 g/mol. The van der Waals surface area contributed by atoms with Crippen LogP contribution in [0.2, 0.25) is 0 Å². The lowest BCUT2D eigenvalue weighted by Crippen LogP contribution is -1.99. The van der Waals surface area contributed by atoms with E-state index in [1.807, 2.05) is 0 Å². The van der Waals surface area contributed by atoms with Gasteiger partial charge < -0.3 is 0 Å². The normalized spacial score (nSPS) is 12.7. The van der Waals surface area contributed by atoms with Crippen molar-refractivity contribution < 1.29 is 13.2 Å². The first kappa shape index (κ1) is 12.8. The molecule has 0 fully saturated rings. The molecule has 0 radical (unpaired) electrons. The second-order valence-electron chi connectivity index (χ2n) is 3.96. The second kappa shape index (κ2) is 4.73. The van der Waals surface area contributed by atoms with Gasteiger partial charge in [0.2, 0.25) is 0 Å². The molecule has 0 aliphatic carbocycles. The predicted molar refractivity (Wildman–Crippen MR) is 59.8 cm³/mol. The average Bonchev–Trinajstić information content (AvgIpc) is 2.24. The standard InChI is InChI=1S/C13H15F3/c1-5-7(2)11(14)10-8(3)6-9(4)12(15)13(10)16/h6H,5H2,1-4H3/b11-7+. The van der Waals surface area contributed by atoms with E-state index in [0.29, 0.717) is 17.6 Å². The zero-order valence-electron chi connectivity index (χ0n) is 9.92. The maximum Gasteiger partial charge on any atom is 0.169 e. The summed E-state index contributed by atoms with van der Waals surface area (Å²) < 4.78 is 40.8. The van der Waals surface area contributed by atoms with E-state index in [2.05, 4.69) is 0 Å². The van der Waals surface area contributed by atoms with Crippen LogP contribution in [0.5, 0.6) is 0 Å². The largest absolute Gasteiger partial charge is 0.206 e. The van der Waals surface area contributed by atoms with Crippen molar-refractivity contribution in [3.05, 3.63) is 40.0 Å². The zero-order chi connectivity index (χ0) is 12.5. The number of aryl methyl sites for hydroxylation is 2. The van der Waals surface area contributed by atoms with Gasteiger partial charge in [0.25, 0.3) is 0 Å². The summed E-state index contributed by atoms with van der Waals surface area (Å²) in [4.78, 5) is 0. The number of rotatable bonds is 2. The number of benzene rings is 1. The van der Waals surface area contributed by atoms with E-state index in [-0.39, 0.29) is 11.1 Å². The van der Waals surface area contributed by atoms with Crippen molar-refractivity contribution in [3.63, 3.8) is 0 Å². The van der Waals surface area contributed by atoms with Crippen molar-refractivity contribution in [2.75, 3.05) is 0 Å². The van der Waals surface area contributed by atoms with Crippen molar-refractivity contribution in [1.82, 2.24) is 0 Å². The van der Waals surface area contributed by atoms with Crippen LogP contribution in [0.3, 0.4) is 0 Å². The van der Waals surface area contributed by atoms with Gasteiger partial charge in [0.15, 0.2) is 11.6 Å². The molecule has 0 aromatic heterocycles. The Labute approximate surface area is 93.8 Å². The third kappa shape index (κ3) is 2.13. The third-order valence-corrected chi connectivity index (χ3v) is 2.71. The van der Waals surface area contributed by atoms with E-state index in [1.165, 1.54) is 13.0 Å². The van der Waals surface area contributed by atoms with Crippen molar-refractivity contribution in [3.8, 4) is 0 Å². The van der Waals surface area contributed by atoms with Gasteiger partial charge in [0.1, 0.15) is 5.83 Å². The summed E-state index contributed by atoms with van der Waals surface area (Å²) in [6.45, 7) is 6.38. The van der Waals surface area contributed by atoms with Gasteiger partial charge >= 0.3 is 0 Å². The van der Waals surface area contributed by atoms with E-state index >= 15 is 0 Å². The van der Waals surface area contributed by atoms with E-state index in [9.17, 15) is 13.2 Å². The molecule has 0 amide bonds. The van der Waals surface area contributed by atoms with Gasteiger partial charge in [-0.25, -0.2) is 13.2 Å². The first-order valence-corrected chi connectivity index (χ1v) is 5.20. The molecule has 0 saturated heterocycles. The highest BCUT2D eigenvalue weighted by Crippen LogP contribution is 2.30. The van der Waals surface area contributed by atoms with Crippen molar-refractivity contribution in [2.45, 2.75) is 34.1 Å². The monoisotopic (exact) mass is 228 g/mol. The molecule has 0 bridgehead atoms. The molecule has 0 unspecified atom stereocenters. The van der Waals surface area contributed by atoms with E-state index < -0.39 is 17.5 Å². The smallest absolute Gasteiger partial charge is 0.169 e. The maximum absolute atomic E-state index is 13.8. The van der Waals surface area contributed by atoms with Crippen LogP contribution in [-0.4, -0.2) is 0 Å². The molecule has 1 aromatic carbocycles. The SMILES string of the molecule is CC/C(C)=C(/F)c1c(C)cc(C)c(F)c1F. The van der Waals surface area contributed by atoms with Gasteiger partial charge in [0.05, 0.1) is 5.56 Å². The molecule has 1 aromatic rings. The van der Waals surface area contributed by atoms with Gasteiger partial charge in [-0.2, -0.15) is 0 Å². The topological polar surface area (TPSA) is 0 Å². The van der Waals surface area contributed by atoms with E-state index in [1.54, 1.807) is 20.8 Å². The van der Waals surface area contributed by atoms with Crippen molar-refractivity contribution in [2.24, 2.45) is 0 Å². The molecule has 3 heteroatoms. The highest BCUT2D eigenvalue weighted by molar-refractivity contribution is 5.66. The molecule has 0 saturated carbocycles. The highest BCUT2D eigenvalue weighted by Gasteiger charge is 2.18. The quantitative estimate of drug-likeness (QED) is 0.688. The minimum Gasteiger partial charge on any atom is -0.206 e. The second-order valence-corrected chi connectivity index (χ2v) is 3.96. The molecular weight excluding hydrogens is 213 g/mol. The van der Waals surface area contributed by atoms with Crippen LogP contribution >= 0.6 is 0 Å². The van der Waals surface area contributed by atoms with Crippen LogP contribution < -0.4 is 0 Å². The Hall–Kier alpha value is -1.25. The number of halogens is 3. The summed E-state index contributed by atoms with van der Waals surface area (Å²) in [6.07, 6.45) is 0.472. The molecule has 0 N–H and O–H groups in total. The van der Waals surface area contributed by atoms with Crippen LogP contribution in [-0.2, 0) is 0 Å². The minimum absolute atomic E-state index is 0.195. The van der Waals surface area contributed by atoms with Gasteiger partial charge in [-0.05, 0) is 43.9 Å². The zero-order valence-corrected chi connectivity index (χ0v) is 9.92. The molecule has 0 aliphatic heterocycles. The van der Waals surface area contributed by atoms with Gasteiger partial charge in [0, 0.05) is 0 Å². The Bertz CT molecular complexity index is 445. The van der Waals surface area contributed by atoms with Gasteiger partial charge in [-0.3, -0.25) is 0 Å². The van der Waals surface area contributed by atoms with Crippen LogP contribution in [0.25, 0.3) is 5.83 Å². The summed E-state index contributed by atoms with van der Waals surface area (Å²) in [5.41, 5.74) is 0.787. The van der Waals surface area contributed by atoms with Crippen molar-refractivity contribution in [1.29, 1.82) is 0 Å². The van der Waals surface area contributed by atoms with Crippen molar-refractivity contribution >= 4 is 5.83 Å². The molecule has 0 spiro atoms. The summed E-state index contributed by atoms with van der Waals surface area (Å²) >= 11 is 0. The van der Waals surface area contributed by atoms with E-state index in [0.717, 1.165) is 0 Å². The highest BCUT2D eigenvalue weighted by atomic mass is 19.2. The van der Waals surface area contributed by atoms with Gasteiger partial charge in [-0.1, -0.05) is 13.0 Å². The minimum atomic E-state index is -1.09. The van der Waals surface area contributed by atoms with Crippen LogP contribution in [0.15, 0.2) is 11.6 Å². The van der Waals surface area contributed by atoms with Crippen LogP contribution in [0.1, 0.15) is 37.0 Å². The Morgan fingerprint density at radius 1 is 1.12 bits per heavy atom. The number of hydrogen-bond acceptors (Lipinski definition) is 0. The third-order valence-electron chi connectivity index (χ3n) is 2.71. The Balaban J connectivity index is 3.52. The molecule has 88 valence electrons. The molecule has 0 atom stereocenters. The van der Waals surface area contributed by atoms with Crippen LogP contribution in [0, 0.1) is 25.5 Å². The molecule has 1 rings (SSSR count). The molecule has 0 aliphatic rings. The summed E-state index contributed by atoms with van der Waals surface area (Å²) in [5.74, 6) is -2.72. The molecule has 0 nitrogen and oxygen atoms in total. The Morgan fingerprint density at radius 2 is 1.69 bits per heavy atom. The molecule has 16 heavy (non-hydrogen) atoms. The molecular formula is C13H15F3. The van der Waals surface area contributed by atoms with Gasteiger partial charge in [-0.15, -0.1) is 0 Å². The fourth-order valence-electron chi connectivity index (χ4n) is 1.55. The summed E-state index contributed by atoms with van der Waals surface area (Å²) in [5, 5.41) is 0. The Kier molecular flexibility index (Phi) is 3.79. The first-order chi connectivity index (χ1) is 7.40. The number of hydrogen-bond donors (Lipinski definition) is 0. The Morgan fingerprint density at radius 3 is 2.19 bits per heavy atom. The van der Waals surface area contributed by atoms with Crippen LogP contribution in [0.4, 0.5) is 13.2 Å². The lowest BCUT2D eigenvalue weighted by molar-refractivity contribution is 0.496. The van der Waals surface area contributed by atoms with E-state index in [4.69, 9.17) is 0 Å². The fraction of sp³-hybridized carbons (Fsp3) is 0.385. The summed E-state index contributed by atoms with van der Waals surface area (Å²) in [6, 6.07) is 1.45. The summed E-state index contributed by atoms with van der Waals surface area (Å²) in [7, 11) is 0. The number of allylic oxidation sites excluding steroid dienone is 1. The first-order valence-electron chi connectivity index (χ1n) is 5.20. The fourth-order valence-corrected chi connectivity index (χ4v) is 1.55. The lowest BCUT2D eigenvalue weighted by atomic mass is 10.0. The lowest BCUT2D eigenvalue weighted by Gasteiger charge is -2.10. The predicted octanol–water partition coefficient (Wildman–Crippen LogP) is 4.69. The molecule has 0 heterocycles. The maximum atomic E-state index is 13.8.